The summed E-state index contributed by atoms with van der Waals surface area (Å²) >= 11 is 0. The maximum Gasteiger partial charge on any atom is 0.411 e. The number of carbonyl (C=O) groups excluding carboxylic acids is 1. The summed E-state index contributed by atoms with van der Waals surface area (Å²) in [6.45, 7) is 3.94. The number of hydrogen-bond donors (Lipinski definition) is 2. The number of benzene rings is 2. The molecule has 0 fully saturated rings. The summed E-state index contributed by atoms with van der Waals surface area (Å²) in [4.78, 5) is 25.1. The summed E-state index contributed by atoms with van der Waals surface area (Å²) in [5.41, 5.74) is 3.16. The summed E-state index contributed by atoms with van der Waals surface area (Å²) in [7, 11) is 1.64. The van der Waals surface area contributed by atoms with Crippen molar-refractivity contribution in [1.82, 2.24) is 9.90 Å². The third kappa shape index (κ3) is 2.99. The first kappa shape index (κ1) is 15.7. The molecule has 1 heterocycles. The number of hydrogen-bond acceptors (Lipinski definition) is 2. The Morgan fingerprint density at radius 2 is 1.54 bits per heavy atom. The molecule has 0 saturated carbocycles. The third-order valence-corrected chi connectivity index (χ3v) is 3.81. The second kappa shape index (κ2) is 6.16. The van der Waals surface area contributed by atoms with Crippen LogP contribution >= 0.6 is 0 Å². The molecule has 3 aromatic rings. The molecule has 0 spiro atoms. The van der Waals surface area contributed by atoms with Crippen molar-refractivity contribution in [1.29, 1.82) is 0 Å². The Balaban J connectivity index is 1.94. The second-order valence-corrected chi connectivity index (χ2v) is 5.80. The van der Waals surface area contributed by atoms with Crippen LogP contribution in [0, 0.1) is 13.8 Å². The van der Waals surface area contributed by atoms with Crippen molar-refractivity contribution >= 4 is 11.6 Å². The monoisotopic (exact) mass is 323 g/mol. The molecule has 1 aromatic heterocycles. The molecule has 0 bridgehead atoms. The molecule has 0 unspecified atom stereocenters. The van der Waals surface area contributed by atoms with E-state index in [-0.39, 0.29) is 5.69 Å². The largest absolute Gasteiger partial charge is 0.411 e. The van der Waals surface area contributed by atoms with Gasteiger partial charge in [-0.25, -0.2) is 4.79 Å². The molecular formula is C18H19N4O2+. The van der Waals surface area contributed by atoms with Gasteiger partial charge in [-0.3, -0.25) is 4.79 Å². The van der Waals surface area contributed by atoms with Crippen molar-refractivity contribution in [2.75, 3.05) is 5.32 Å². The Hall–Kier alpha value is -3.15. The molecule has 0 aliphatic heterocycles. The van der Waals surface area contributed by atoms with Gasteiger partial charge in [-0.05, 0) is 38.1 Å². The number of H-pyrrole nitrogens is 1. The van der Waals surface area contributed by atoms with E-state index in [0.717, 1.165) is 11.1 Å². The molecule has 3 rings (SSSR count). The van der Waals surface area contributed by atoms with Gasteiger partial charge in [0.25, 0.3) is 0 Å². The van der Waals surface area contributed by atoms with Crippen LogP contribution in [0.4, 0.5) is 5.69 Å². The Labute approximate surface area is 139 Å². The predicted molar refractivity (Wildman–Crippen MR) is 91.4 cm³/mol. The topological polar surface area (TPSA) is 70.8 Å². The van der Waals surface area contributed by atoms with Crippen LogP contribution in [0.2, 0.25) is 0 Å². The van der Waals surface area contributed by atoms with E-state index in [1.165, 1.54) is 9.36 Å². The van der Waals surface area contributed by atoms with Gasteiger partial charge in [0, 0.05) is 5.69 Å². The number of nitrogens with one attached hydrogen (secondary N) is 2. The van der Waals surface area contributed by atoms with Crippen molar-refractivity contribution in [3.8, 4) is 5.69 Å². The van der Waals surface area contributed by atoms with E-state index in [2.05, 4.69) is 10.5 Å². The molecule has 6 heteroatoms. The van der Waals surface area contributed by atoms with Gasteiger partial charge in [-0.2, -0.15) is 4.68 Å². The highest BCUT2D eigenvalue weighted by Gasteiger charge is 2.27. The minimum atomic E-state index is -0.450. The SMILES string of the molecule is Cc1ccc(NC(=O)c2c(=O)n(-c3ccc(C)cc3)[nH][n+]2C)cc1. The summed E-state index contributed by atoms with van der Waals surface area (Å²) in [5.74, 6) is -0.450. The van der Waals surface area contributed by atoms with Crippen LogP contribution in [0.15, 0.2) is 53.3 Å². The lowest BCUT2D eigenvalue weighted by Crippen LogP contribution is -2.41. The van der Waals surface area contributed by atoms with Gasteiger partial charge < -0.3 is 5.32 Å². The van der Waals surface area contributed by atoms with Gasteiger partial charge in [0.15, 0.2) is 5.69 Å². The van der Waals surface area contributed by atoms with Crippen molar-refractivity contribution in [2.45, 2.75) is 13.8 Å². The molecular weight excluding hydrogens is 304 g/mol. The van der Waals surface area contributed by atoms with E-state index in [1.54, 1.807) is 19.2 Å². The molecule has 0 aliphatic carbocycles. The number of amides is 1. The molecule has 122 valence electrons. The zero-order chi connectivity index (χ0) is 17.3. The minimum Gasteiger partial charge on any atom is -0.319 e. The smallest absolute Gasteiger partial charge is 0.319 e. The maximum atomic E-state index is 12.6. The first-order chi connectivity index (χ1) is 11.5. The summed E-state index contributed by atoms with van der Waals surface area (Å²) < 4.78 is 2.77. The highest BCUT2D eigenvalue weighted by molar-refractivity contribution is 6.01. The number of aryl methyl sites for hydroxylation is 3. The number of aromatic nitrogens is 3. The van der Waals surface area contributed by atoms with Gasteiger partial charge >= 0.3 is 17.2 Å². The normalized spacial score (nSPS) is 10.6. The fourth-order valence-electron chi connectivity index (χ4n) is 2.44. The average molecular weight is 323 g/mol. The van der Waals surface area contributed by atoms with Gasteiger partial charge in [-0.15, -0.1) is 0 Å². The lowest BCUT2D eigenvalue weighted by molar-refractivity contribution is -0.733. The van der Waals surface area contributed by atoms with Crippen LogP contribution in [-0.2, 0) is 7.05 Å². The van der Waals surface area contributed by atoms with E-state index in [1.807, 2.05) is 50.2 Å². The first-order valence-corrected chi connectivity index (χ1v) is 7.62. The minimum absolute atomic E-state index is 0.0381. The molecule has 24 heavy (non-hydrogen) atoms. The van der Waals surface area contributed by atoms with Crippen molar-refractivity contribution in [2.24, 2.45) is 7.05 Å². The average Bonchev–Trinajstić information content (AvgIpc) is 2.85. The number of carbonyl (C=O) groups is 1. The quantitative estimate of drug-likeness (QED) is 0.722. The van der Waals surface area contributed by atoms with E-state index in [4.69, 9.17) is 0 Å². The molecule has 6 nitrogen and oxygen atoms in total. The Morgan fingerprint density at radius 3 is 2.12 bits per heavy atom. The molecule has 1 amide bonds. The fourth-order valence-corrected chi connectivity index (χ4v) is 2.44. The van der Waals surface area contributed by atoms with E-state index in [9.17, 15) is 9.59 Å². The van der Waals surface area contributed by atoms with Crippen molar-refractivity contribution in [3.63, 3.8) is 0 Å². The number of rotatable bonds is 3. The molecule has 0 saturated heterocycles. The zero-order valence-electron chi connectivity index (χ0n) is 13.8. The van der Waals surface area contributed by atoms with Crippen LogP contribution in [0.3, 0.4) is 0 Å². The number of nitrogens with zero attached hydrogens (tertiary/aromatic N) is 2. The van der Waals surface area contributed by atoms with Crippen LogP contribution in [0.25, 0.3) is 5.69 Å². The summed E-state index contributed by atoms with van der Waals surface area (Å²) in [6.07, 6.45) is 0. The highest BCUT2D eigenvalue weighted by atomic mass is 16.2. The Kier molecular flexibility index (Phi) is 4.04. The molecule has 0 radical (unpaired) electrons. The maximum absolute atomic E-state index is 12.6. The Bertz CT molecular complexity index is 935. The molecule has 2 aromatic carbocycles. The summed E-state index contributed by atoms with van der Waals surface area (Å²) in [6, 6.07) is 14.9. The molecule has 0 aliphatic rings. The summed E-state index contributed by atoms with van der Waals surface area (Å²) in [5, 5.41) is 5.63. The number of aromatic amines is 1. The molecule has 2 N–H and O–H groups in total. The second-order valence-electron chi connectivity index (χ2n) is 5.80. The lowest BCUT2D eigenvalue weighted by Gasteiger charge is -2.02. The van der Waals surface area contributed by atoms with E-state index in [0.29, 0.717) is 11.4 Å². The van der Waals surface area contributed by atoms with Crippen LogP contribution in [-0.4, -0.2) is 15.8 Å². The van der Waals surface area contributed by atoms with Crippen LogP contribution < -0.4 is 15.6 Å². The van der Waals surface area contributed by atoms with Crippen molar-refractivity contribution < 1.29 is 9.48 Å². The number of anilines is 1. The van der Waals surface area contributed by atoms with E-state index >= 15 is 0 Å². The standard InChI is InChI=1S/C18H18N4O2/c1-12-4-8-14(9-5-12)19-17(23)16-18(24)22(20-21(16)3)15-10-6-13(2)7-11-15/h4-11H,1-3H3,(H-,19,20,23,24)/p+1. The predicted octanol–water partition coefficient (Wildman–Crippen LogP) is 1.86. The molecule has 0 atom stereocenters. The first-order valence-electron chi connectivity index (χ1n) is 7.62. The fraction of sp³-hybridized carbons (Fsp3) is 0.167. The highest BCUT2D eigenvalue weighted by Crippen LogP contribution is 2.09. The van der Waals surface area contributed by atoms with Gasteiger partial charge in [0.2, 0.25) is 0 Å². The third-order valence-electron chi connectivity index (χ3n) is 3.81. The zero-order valence-corrected chi connectivity index (χ0v) is 13.8. The Morgan fingerprint density at radius 1 is 1.00 bits per heavy atom. The van der Waals surface area contributed by atoms with Crippen LogP contribution in [0.1, 0.15) is 21.6 Å². The van der Waals surface area contributed by atoms with Gasteiger partial charge in [-0.1, -0.05) is 45.3 Å². The van der Waals surface area contributed by atoms with Crippen LogP contribution in [0.5, 0.6) is 0 Å². The van der Waals surface area contributed by atoms with Gasteiger partial charge in [0.05, 0.1) is 0 Å². The van der Waals surface area contributed by atoms with Crippen molar-refractivity contribution in [3.05, 3.63) is 75.7 Å². The van der Waals surface area contributed by atoms with E-state index < -0.39 is 11.5 Å². The van der Waals surface area contributed by atoms with Gasteiger partial charge in [0.1, 0.15) is 7.05 Å². The lowest BCUT2D eigenvalue weighted by atomic mass is 10.2.